The summed E-state index contributed by atoms with van der Waals surface area (Å²) in [4.78, 5) is 12.1. The van der Waals surface area contributed by atoms with Crippen molar-refractivity contribution < 1.29 is 4.79 Å². The van der Waals surface area contributed by atoms with Gasteiger partial charge >= 0.3 is 0 Å². The Kier molecular flexibility index (Phi) is 5.46. The molecule has 104 valence electrons. The zero-order valence-electron chi connectivity index (χ0n) is 10.5. The van der Waals surface area contributed by atoms with Crippen LogP contribution in [0.5, 0.6) is 0 Å². The summed E-state index contributed by atoms with van der Waals surface area (Å²) in [5.74, 6) is -0.234. The quantitative estimate of drug-likeness (QED) is 0.766. The molecule has 0 saturated carbocycles. The Hall–Kier alpha value is -1.03. The second-order valence-electron chi connectivity index (χ2n) is 4.24. The zero-order valence-corrected chi connectivity index (χ0v) is 13.6. The van der Waals surface area contributed by atoms with Gasteiger partial charge < -0.3 is 5.32 Å². The minimum absolute atomic E-state index is 0.234. The van der Waals surface area contributed by atoms with Crippen LogP contribution in [0.2, 0.25) is 10.0 Å². The lowest BCUT2D eigenvalue weighted by molar-refractivity contribution is 0.0951. The van der Waals surface area contributed by atoms with Crippen LogP contribution in [-0.2, 0) is 11.9 Å². The van der Waals surface area contributed by atoms with E-state index in [0.29, 0.717) is 17.1 Å². The van der Waals surface area contributed by atoms with E-state index in [-0.39, 0.29) is 10.9 Å². The number of rotatable bonds is 4. The maximum atomic E-state index is 12.1. The van der Waals surface area contributed by atoms with Crippen molar-refractivity contribution in [1.82, 2.24) is 5.32 Å². The molecule has 0 spiro atoms. The van der Waals surface area contributed by atoms with Crippen LogP contribution in [0.1, 0.15) is 21.5 Å². The Balaban J connectivity index is 2.06. The van der Waals surface area contributed by atoms with E-state index in [1.165, 1.54) is 0 Å². The van der Waals surface area contributed by atoms with Crippen LogP contribution in [0, 0.1) is 0 Å². The predicted octanol–water partition coefficient (Wildman–Crippen LogP) is 4.82. The van der Waals surface area contributed by atoms with Gasteiger partial charge in [0.15, 0.2) is 0 Å². The van der Waals surface area contributed by atoms with E-state index in [4.69, 9.17) is 23.2 Å². The fraction of sp³-hybridized carbons (Fsp3) is 0.133. The number of amides is 1. The molecule has 2 rings (SSSR count). The number of alkyl halides is 1. The number of carbonyl (C=O) groups is 1. The summed E-state index contributed by atoms with van der Waals surface area (Å²) in [6.07, 6.45) is 0. The highest BCUT2D eigenvalue weighted by molar-refractivity contribution is 9.08. The topological polar surface area (TPSA) is 29.1 Å². The Labute approximate surface area is 136 Å². The molecule has 2 aromatic rings. The molecular weight excluding hydrogens is 361 g/mol. The molecule has 0 aromatic heterocycles. The number of benzene rings is 2. The normalized spacial score (nSPS) is 10.3. The van der Waals surface area contributed by atoms with Crippen LogP contribution in [0.4, 0.5) is 0 Å². The largest absolute Gasteiger partial charge is 0.348 e. The van der Waals surface area contributed by atoms with Gasteiger partial charge in [0.2, 0.25) is 0 Å². The molecule has 20 heavy (non-hydrogen) atoms. The van der Waals surface area contributed by atoms with Crippen molar-refractivity contribution in [2.24, 2.45) is 0 Å². The molecule has 0 aliphatic carbocycles. The SMILES string of the molecule is O=C(NCc1cccc(CBr)c1)c1cccc(Cl)c1Cl. The molecule has 5 heteroatoms. The number of nitrogens with one attached hydrogen (secondary N) is 1. The summed E-state index contributed by atoms with van der Waals surface area (Å²) in [5.41, 5.74) is 2.59. The third-order valence-corrected chi connectivity index (χ3v) is 4.26. The molecule has 0 bridgehead atoms. The van der Waals surface area contributed by atoms with Crippen LogP contribution in [0.3, 0.4) is 0 Å². The van der Waals surface area contributed by atoms with Crippen LogP contribution < -0.4 is 5.32 Å². The first-order chi connectivity index (χ1) is 9.61. The Morgan fingerprint density at radius 1 is 1.10 bits per heavy atom. The smallest absolute Gasteiger partial charge is 0.253 e. The highest BCUT2D eigenvalue weighted by Gasteiger charge is 2.12. The lowest BCUT2D eigenvalue weighted by atomic mass is 10.1. The Morgan fingerprint density at radius 2 is 1.80 bits per heavy atom. The number of hydrogen-bond donors (Lipinski definition) is 1. The van der Waals surface area contributed by atoms with Gasteiger partial charge in [-0.3, -0.25) is 4.79 Å². The molecule has 2 aromatic carbocycles. The second-order valence-corrected chi connectivity index (χ2v) is 5.58. The van der Waals surface area contributed by atoms with E-state index in [1.807, 2.05) is 24.3 Å². The van der Waals surface area contributed by atoms with E-state index in [1.54, 1.807) is 18.2 Å². The fourth-order valence-electron chi connectivity index (χ4n) is 1.78. The molecule has 0 radical (unpaired) electrons. The van der Waals surface area contributed by atoms with E-state index in [9.17, 15) is 4.79 Å². The van der Waals surface area contributed by atoms with Gasteiger partial charge in [0, 0.05) is 11.9 Å². The summed E-state index contributed by atoms with van der Waals surface area (Å²) >= 11 is 15.3. The van der Waals surface area contributed by atoms with Gasteiger partial charge in [-0.2, -0.15) is 0 Å². The summed E-state index contributed by atoms with van der Waals surface area (Å²) in [5, 5.41) is 4.28. The van der Waals surface area contributed by atoms with Gasteiger partial charge in [0.1, 0.15) is 0 Å². The first-order valence-corrected chi connectivity index (χ1v) is 7.85. The van der Waals surface area contributed by atoms with Gasteiger partial charge in [-0.1, -0.05) is 69.5 Å². The van der Waals surface area contributed by atoms with Crippen LogP contribution in [-0.4, -0.2) is 5.91 Å². The minimum Gasteiger partial charge on any atom is -0.348 e. The minimum atomic E-state index is -0.234. The number of hydrogen-bond acceptors (Lipinski definition) is 1. The molecular formula is C15H12BrCl2NO. The number of halogens is 3. The van der Waals surface area contributed by atoms with Crippen molar-refractivity contribution in [2.75, 3.05) is 0 Å². The molecule has 0 saturated heterocycles. The summed E-state index contributed by atoms with van der Waals surface area (Å²) in [6, 6.07) is 13.0. The predicted molar refractivity (Wildman–Crippen MR) is 86.7 cm³/mol. The molecule has 0 atom stereocenters. The van der Waals surface area contributed by atoms with Crippen molar-refractivity contribution in [3.8, 4) is 0 Å². The van der Waals surface area contributed by atoms with E-state index >= 15 is 0 Å². The maximum Gasteiger partial charge on any atom is 0.253 e. The lowest BCUT2D eigenvalue weighted by Gasteiger charge is -2.08. The van der Waals surface area contributed by atoms with E-state index in [2.05, 4.69) is 21.2 Å². The van der Waals surface area contributed by atoms with E-state index < -0.39 is 0 Å². The van der Waals surface area contributed by atoms with Gasteiger partial charge in [-0.25, -0.2) is 0 Å². The van der Waals surface area contributed by atoms with Crippen LogP contribution in [0.15, 0.2) is 42.5 Å². The van der Waals surface area contributed by atoms with Gasteiger partial charge in [-0.05, 0) is 23.3 Å². The summed E-state index contributed by atoms with van der Waals surface area (Å²) < 4.78 is 0. The van der Waals surface area contributed by atoms with Gasteiger partial charge in [0.25, 0.3) is 5.91 Å². The first-order valence-electron chi connectivity index (χ1n) is 5.98. The molecule has 2 nitrogen and oxygen atoms in total. The first kappa shape index (κ1) is 15.4. The van der Waals surface area contributed by atoms with Gasteiger partial charge in [-0.15, -0.1) is 0 Å². The standard InChI is InChI=1S/C15H12BrCl2NO/c16-8-10-3-1-4-11(7-10)9-19-15(20)12-5-2-6-13(17)14(12)18/h1-7H,8-9H2,(H,19,20). The number of carbonyl (C=O) groups excluding carboxylic acids is 1. The average Bonchev–Trinajstić information content (AvgIpc) is 2.48. The molecule has 0 fully saturated rings. The summed E-state index contributed by atoms with van der Waals surface area (Å²) in [6.45, 7) is 0.447. The molecule has 1 N–H and O–H groups in total. The monoisotopic (exact) mass is 371 g/mol. The van der Waals surface area contributed by atoms with Crippen molar-refractivity contribution in [2.45, 2.75) is 11.9 Å². The lowest BCUT2D eigenvalue weighted by Crippen LogP contribution is -2.23. The molecule has 0 aliphatic heterocycles. The Morgan fingerprint density at radius 3 is 2.55 bits per heavy atom. The van der Waals surface area contributed by atoms with Crippen LogP contribution >= 0.6 is 39.1 Å². The highest BCUT2D eigenvalue weighted by atomic mass is 79.9. The molecule has 0 aliphatic rings. The van der Waals surface area contributed by atoms with Crippen molar-refractivity contribution >= 4 is 45.0 Å². The second kappa shape index (κ2) is 7.11. The highest BCUT2D eigenvalue weighted by Crippen LogP contribution is 2.25. The Bertz CT molecular complexity index is 631. The third kappa shape index (κ3) is 3.75. The molecule has 0 unspecified atom stereocenters. The average molecular weight is 373 g/mol. The van der Waals surface area contributed by atoms with Crippen molar-refractivity contribution in [1.29, 1.82) is 0 Å². The zero-order chi connectivity index (χ0) is 14.5. The maximum absolute atomic E-state index is 12.1. The van der Waals surface area contributed by atoms with Gasteiger partial charge in [0.05, 0.1) is 15.6 Å². The summed E-state index contributed by atoms with van der Waals surface area (Å²) in [7, 11) is 0. The van der Waals surface area contributed by atoms with Crippen LogP contribution in [0.25, 0.3) is 0 Å². The van der Waals surface area contributed by atoms with Crippen molar-refractivity contribution in [3.05, 3.63) is 69.2 Å². The third-order valence-electron chi connectivity index (χ3n) is 2.79. The molecule has 1 amide bonds. The fourth-order valence-corrected chi connectivity index (χ4v) is 2.51. The van der Waals surface area contributed by atoms with E-state index in [0.717, 1.165) is 16.5 Å². The van der Waals surface area contributed by atoms with Crippen molar-refractivity contribution in [3.63, 3.8) is 0 Å². The molecule has 0 heterocycles.